The molecule has 2 saturated heterocycles. The fraction of sp³-hybridized carbons (Fsp3) is 0.917. The summed E-state index contributed by atoms with van der Waals surface area (Å²) in [6.45, 7) is 1.99. The molecule has 1 N–H and O–H groups in total. The Morgan fingerprint density at radius 2 is 2.12 bits per heavy atom. The highest BCUT2D eigenvalue weighted by atomic mass is 16.5. The summed E-state index contributed by atoms with van der Waals surface area (Å²) in [6, 6.07) is 0. The molecule has 1 spiro atoms. The van der Waals surface area contributed by atoms with E-state index in [1.807, 2.05) is 0 Å². The van der Waals surface area contributed by atoms with Crippen molar-refractivity contribution in [1.29, 1.82) is 0 Å². The lowest BCUT2D eigenvalue weighted by Crippen LogP contribution is -2.48. The van der Waals surface area contributed by atoms with Crippen LogP contribution >= 0.6 is 0 Å². The molecule has 0 aliphatic carbocycles. The summed E-state index contributed by atoms with van der Waals surface area (Å²) in [6.07, 6.45) is 2.09. The van der Waals surface area contributed by atoms with Gasteiger partial charge in [0.05, 0.1) is 12.7 Å². The van der Waals surface area contributed by atoms with Crippen LogP contribution in [0.15, 0.2) is 0 Å². The summed E-state index contributed by atoms with van der Waals surface area (Å²) in [7, 11) is 1.30. The van der Waals surface area contributed by atoms with Gasteiger partial charge in [0.25, 0.3) is 0 Å². The minimum absolute atomic E-state index is 0.0608. The smallest absolute Gasteiger partial charge is 0.334 e. The molecule has 17 heavy (non-hydrogen) atoms. The molecule has 5 nitrogen and oxygen atoms in total. The Morgan fingerprint density at radius 1 is 1.41 bits per heavy atom. The van der Waals surface area contributed by atoms with E-state index >= 15 is 0 Å². The molecular weight excluding hydrogens is 224 g/mol. The number of rotatable bonds is 2. The molecule has 98 valence electrons. The van der Waals surface area contributed by atoms with Crippen LogP contribution in [0.5, 0.6) is 0 Å². The summed E-state index contributed by atoms with van der Waals surface area (Å²) < 4.78 is 15.8. The van der Waals surface area contributed by atoms with Gasteiger partial charge >= 0.3 is 5.97 Å². The molecule has 2 unspecified atom stereocenters. The van der Waals surface area contributed by atoms with E-state index in [-0.39, 0.29) is 11.5 Å². The van der Waals surface area contributed by atoms with Crippen LogP contribution in [0.4, 0.5) is 0 Å². The molecule has 0 aromatic carbocycles. The maximum Gasteiger partial charge on any atom is 0.334 e. The first kappa shape index (κ1) is 12.8. The fourth-order valence-corrected chi connectivity index (χ4v) is 2.74. The highest BCUT2D eigenvalue weighted by molar-refractivity contribution is 5.74. The van der Waals surface area contributed by atoms with Gasteiger partial charge in [0.2, 0.25) is 0 Å². The molecular formula is C12H20O5. The normalized spacial score (nSPS) is 29.9. The monoisotopic (exact) mass is 244 g/mol. The first-order valence-electron chi connectivity index (χ1n) is 6.14. The third kappa shape index (κ3) is 2.78. The number of methoxy groups -OCH3 is 1. The number of ether oxygens (including phenoxy) is 3. The maximum atomic E-state index is 11.3. The zero-order valence-electron chi connectivity index (χ0n) is 10.2. The third-order valence-electron chi connectivity index (χ3n) is 3.82. The number of aliphatic hydroxyl groups excluding tert-OH is 1. The zero-order chi connectivity index (χ0) is 12.3. The predicted octanol–water partition coefficient (Wildman–Crippen LogP) is 0.496. The second-order valence-corrected chi connectivity index (χ2v) is 4.86. The number of aliphatic hydroxyl groups is 1. The van der Waals surface area contributed by atoms with Crippen molar-refractivity contribution in [2.45, 2.75) is 37.4 Å². The van der Waals surface area contributed by atoms with Crippen LogP contribution in [-0.4, -0.2) is 49.7 Å². The van der Waals surface area contributed by atoms with Crippen molar-refractivity contribution in [2.75, 3.05) is 26.9 Å². The van der Waals surface area contributed by atoms with Crippen molar-refractivity contribution >= 4 is 5.97 Å². The number of esters is 1. The van der Waals surface area contributed by atoms with Gasteiger partial charge in [-0.1, -0.05) is 0 Å². The Bertz CT molecular complexity index is 267. The summed E-state index contributed by atoms with van der Waals surface area (Å²) in [5.74, 6) is -0.603. The average molecular weight is 244 g/mol. The van der Waals surface area contributed by atoms with Gasteiger partial charge < -0.3 is 19.3 Å². The average Bonchev–Trinajstić information content (AvgIpc) is 2.38. The molecule has 2 heterocycles. The van der Waals surface area contributed by atoms with Crippen LogP contribution in [0, 0.1) is 5.92 Å². The largest absolute Gasteiger partial charge is 0.467 e. The van der Waals surface area contributed by atoms with E-state index < -0.39 is 12.1 Å². The molecule has 0 aromatic heterocycles. The molecule has 2 aliphatic heterocycles. The predicted molar refractivity (Wildman–Crippen MR) is 59.5 cm³/mol. The molecule has 5 heteroatoms. The number of hydrogen-bond acceptors (Lipinski definition) is 5. The van der Waals surface area contributed by atoms with Gasteiger partial charge in [0, 0.05) is 25.7 Å². The number of carbonyl (C=O) groups is 1. The van der Waals surface area contributed by atoms with Crippen molar-refractivity contribution < 1.29 is 24.1 Å². The molecule has 2 rings (SSSR count). The van der Waals surface area contributed by atoms with Crippen molar-refractivity contribution in [2.24, 2.45) is 5.92 Å². The molecule has 0 bridgehead atoms. The molecule has 0 radical (unpaired) electrons. The van der Waals surface area contributed by atoms with Crippen molar-refractivity contribution in [3.05, 3.63) is 0 Å². The topological polar surface area (TPSA) is 65.0 Å². The number of hydrogen-bond donors (Lipinski definition) is 1. The quantitative estimate of drug-likeness (QED) is 0.716. The zero-order valence-corrected chi connectivity index (χ0v) is 10.2. The van der Waals surface area contributed by atoms with E-state index in [9.17, 15) is 9.90 Å². The molecule has 2 atom stereocenters. The van der Waals surface area contributed by atoms with Gasteiger partial charge in [-0.2, -0.15) is 0 Å². The van der Waals surface area contributed by atoms with Crippen molar-refractivity contribution in [1.82, 2.24) is 0 Å². The Hall–Kier alpha value is -0.650. The van der Waals surface area contributed by atoms with Gasteiger partial charge in [-0.15, -0.1) is 0 Å². The van der Waals surface area contributed by atoms with Gasteiger partial charge in [0.1, 0.15) is 0 Å². The highest BCUT2D eigenvalue weighted by Gasteiger charge is 2.42. The van der Waals surface area contributed by atoms with E-state index in [2.05, 4.69) is 4.74 Å². The molecule has 0 aromatic rings. The second kappa shape index (κ2) is 5.33. The molecule has 2 fully saturated rings. The molecule has 0 saturated carbocycles. The highest BCUT2D eigenvalue weighted by Crippen LogP contribution is 2.38. The Balaban J connectivity index is 1.98. The van der Waals surface area contributed by atoms with E-state index in [0.717, 1.165) is 12.8 Å². The van der Waals surface area contributed by atoms with Crippen LogP contribution < -0.4 is 0 Å². The Kier molecular flexibility index (Phi) is 4.01. The summed E-state index contributed by atoms with van der Waals surface area (Å²) >= 11 is 0. The SMILES string of the molecule is COC(=O)C(O)C1CCOC2(CCOCC2)C1. The fourth-order valence-electron chi connectivity index (χ4n) is 2.74. The maximum absolute atomic E-state index is 11.3. The first-order chi connectivity index (χ1) is 8.17. The summed E-state index contributed by atoms with van der Waals surface area (Å²) in [5.41, 5.74) is -0.198. The Morgan fingerprint density at radius 3 is 2.76 bits per heavy atom. The first-order valence-corrected chi connectivity index (χ1v) is 6.14. The van der Waals surface area contributed by atoms with Crippen LogP contribution in [0.1, 0.15) is 25.7 Å². The van der Waals surface area contributed by atoms with Crippen molar-refractivity contribution in [3.8, 4) is 0 Å². The molecule has 2 aliphatic rings. The Labute approximate surface area is 101 Å². The third-order valence-corrected chi connectivity index (χ3v) is 3.82. The van der Waals surface area contributed by atoms with E-state index in [0.29, 0.717) is 32.7 Å². The van der Waals surface area contributed by atoms with Gasteiger partial charge in [-0.25, -0.2) is 4.79 Å². The van der Waals surface area contributed by atoms with Gasteiger partial charge in [-0.05, 0) is 25.7 Å². The van der Waals surface area contributed by atoms with E-state index in [4.69, 9.17) is 9.47 Å². The second-order valence-electron chi connectivity index (χ2n) is 4.86. The molecule has 0 amide bonds. The van der Waals surface area contributed by atoms with Gasteiger partial charge in [-0.3, -0.25) is 0 Å². The van der Waals surface area contributed by atoms with Gasteiger partial charge in [0.15, 0.2) is 6.10 Å². The lowest BCUT2D eigenvalue weighted by atomic mass is 9.78. The minimum atomic E-state index is -1.02. The van der Waals surface area contributed by atoms with E-state index in [1.54, 1.807) is 0 Å². The van der Waals surface area contributed by atoms with Crippen LogP contribution in [0.3, 0.4) is 0 Å². The summed E-state index contributed by atoms with van der Waals surface area (Å²) in [5, 5.41) is 9.90. The minimum Gasteiger partial charge on any atom is -0.467 e. The van der Waals surface area contributed by atoms with Crippen molar-refractivity contribution in [3.63, 3.8) is 0 Å². The van der Waals surface area contributed by atoms with Crippen LogP contribution in [0.2, 0.25) is 0 Å². The van der Waals surface area contributed by atoms with Crippen LogP contribution in [0.25, 0.3) is 0 Å². The lowest BCUT2D eigenvalue weighted by molar-refractivity contribution is -0.173. The lowest BCUT2D eigenvalue weighted by Gasteiger charge is -2.44. The number of carbonyl (C=O) groups excluding carboxylic acids is 1. The van der Waals surface area contributed by atoms with Crippen LogP contribution in [-0.2, 0) is 19.0 Å². The van der Waals surface area contributed by atoms with E-state index in [1.165, 1.54) is 7.11 Å². The summed E-state index contributed by atoms with van der Waals surface area (Å²) in [4.78, 5) is 11.3. The standard InChI is InChI=1S/C12H20O5/c1-15-11(14)10(13)9-2-5-17-12(8-9)3-6-16-7-4-12/h9-10,13H,2-8H2,1H3.